The molecule has 0 saturated carbocycles. The molecular weight excluding hydrogens is 569 g/mol. The summed E-state index contributed by atoms with van der Waals surface area (Å²) in [5, 5.41) is 11.1. The monoisotopic (exact) mass is 596 g/mol. The predicted octanol–water partition coefficient (Wildman–Crippen LogP) is 12.1. The van der Waals surface area contributed by atoms with Crippen molar-refractivity contribution >= 4 is 65.0 Å². The zero-order valence-corrected chi connectivity index (χ0v) is 25.6. The van der Waals surface area contributed by atoms with Crippen molar-refractivity contribution in [2.45, 2.75) is 0 Å². The average molecular weight is 597 g/mol. The molecule has 218 valence electrons. The Bertz CT molecular complexity index is 2840. The maximum absolute atomic E-state index is 5.37. The topological polar surface area (TPSA) is 17.8 Å². The van der Waals surface area contributed by atoms with E-state index in [2.05, 4.69) is 174 Å². The minimum absolute atomic E-state index is 1.00. The van der Waals surface area contributed by atoms with E-state index < -0.39 is 0 Å². The molecule has 2 heterocycles. The van der Waals surface area contributed by atoms with Crippen LogP contribution in [-0.2, 0) is 0 Å². The molecule has 2 nitrogen and oxygen atoms in total. The van der Waals surface area contributed by atoms with Crippen LogP contribution >= 0.6 is 0 Å². The van der Waals surface area contributed by atoms with Crippen LogP contribution in [0.3, 0.4) is 0 Å². The normalized spacial score (nSPS) is 11.8. The number of pyridine rings is 1. The van der Waals surface area contributed by atoms with E-state index in [9.17, 15) is 0 Å². The Morgan fingerprint density at radius 1 is 0.383 bits per heavy atom. The summed E-state index contributed by atoms with van der Waals surface area (Å²) in [6.45, 7) is 0. The van der Waals surface area contributed by atoms with Gasteiger partial charge >= 0.3 is 0 Å². The summed E-state index contributed by atoms with van der Waals surface area (Å²) in [6.07, 6.45) is 0. The lowest BCUT2D eigenvalue weighted by atomic mass is 9.91. The third kappa shape index (κ3) is 3.89. The molecule has 0 aliphatic rings. The third-order valence-corrected chi connectivity index (χ3v) is 9.73. The van der Waals surface area contributed by atoms with Crippen molar-refractivity contribution in [3.8, 4) is 28.1 Å². The van der Waals surface area contributed by atoms with E-state index in [4.69, 9.17) is 4.98 Å². The molecule has 0 spiro atoms. The molecule has 10 aromatic rings. The van der Waals surface area contributed by atoms with E-state index in [1.807, 2.05) is 0 Å². The summed E-state index contributed by atoms with van der Waals surface area (Å²) in [5.74, 6) is 0. The summed E-state index contributed by atoms with van der Waals surface area (Å²) in [7, 11) is 0. The number of benzene rings is 8. The van der Waals surface area contributed by atoms with Crippen molar-refractivity contribution in [2.24, 2.45) is 0 Å². The third-order valence-electron chi connectivity index (χ3n) is 9.73. The van der Waals surface area contributed by atoms with Gasteiger partial charge in [-0.15, -0.1) is 0 Å². The Kier molecular flexibility index (Phi) is 5.61. The highest BCUT2D eigenvalue weighted by Gasteiger charge is 2.19. The minimum atomic E-state index is 1.00. The van der Waals surface area contributed by atoms with Gasteiger partial charge in [-0.1, -0.05) is 127 Å². The molecule has 0 amide bonds. The molecule has 0 N–H and O–H groups in total. The van der Waals surface area contributed by atoms with Crippen molar-refractivity contribution in [1.29, 1.82) is 0 Å². The first-order valence-electron chi connectivity index (χ1n) is 16.1. The Morgan fingerprint density at radius 2 is 1.06 bits per heavy atom. The fourth-order valence-corrected chi connectivity index (χ4v) is 7.70. The summed E-state index contributed by atoms with van der Waals surface area (Å²) in [4.78, 5) is 5.37. The van der Waals surface area contributed by atoms with Crippen LogP contribution in [0.4, 0.5) is 0 Å². The number of hydrogen-bond acceptors (Lipinski definition) is 1. The molecule has 8 aromatic carbocycles. The Morgan fingerprint density at radius 3 is 1.94 bits per heavy atom. The van der Waals surface area contributed by atoms with Gasteiger partial charge in [0.1, 0.15) is 0 Å². The first kappa shape index (κ1) is 26.0. The van der Waals surface area contributed by atoms with Gasteiger partial charge in [-0.3, -0.25) is 0 Å². The minimum Gasteiger partial charge on any atom is -0.309 e. The number of para-hydroxylation sites is 3. The van der Waals surface area contributed by atoms with Crippen LogP contribution in [0, 0.1) is 0 Å². The fraction of sp³-hybridized carbons (Fsp3) is 0. The van der Waals surface area contributed by atoms with Crippen LogP contribution in [0.2, 0.25) is 0 Å². The molecule has 10 rings (SSSR count). The van der Waals surface area contributed by atoms with Crippen molar-refractivity contribution in [1.82, 2.24) is 9.55 Å². The van der Waals surface area contributed by atoms with Crippen LogP contribution < -0.4 is 0 Å². The quantitative estimate of drug-likeness (QED) is 0.186. The number of aromatic nitrogens is 2. The number of hydrogen-bond donors (Lipinski definition) is 0. The summed E-state index contributed by atoms with van der Waals surface area (Å²) >= 11 is 0. The van der Waals surface area contributed by atoms with Crippen molar-refractivity contribution in [3.05, 3.63) is 170 Å². The lowest BCUT2D eigenvalue weighted by Crippen LogP contribution is -1.94. The van der Waals surface area contributed by atoms with E-state index in [1.165, 1.54) is 65.3 Å². The number of nitrogens with zero attached hydrogens (tertiary/aromatic N) is 2. The molecular formula is C45H28N2. The predicted molar refractivity (Wildman–Crippen MR) is 199 cm³/mol. The SMILES string of the molecule is c1ccc(-n2c3ccccc3c3c4c(ccc32)c(-c2cccc(-c3cc5ccccc5c5ccccc35)c2)nc2ccccc24)cc1. The fourth-order valence-electron chi connectivity index (χ4n) is 7.70. The first-order valence-corrected chi connectivity index (χ1v) is 16.1. The highest BCUT2D eigenvalue weighted by atomic mass is 15.0. The standard InChI is InChI=1S/C45H28N2/c1-2-16-32(17-3-1)47-41-24-11-9-22-37(41)44-42(47)26-25-38-43(44)36-21-8-10-23-40(36)46-45(38)31-15-12-14-29(27-31)39-28-30-13-4-5-18-33(30)34-19-6-7-20-35(34)39/h1-28H. The van der Waals surface area contributed by atoms with Gasteiger partial charge in [0.15, 0.2) is 0 Å². The molecule has 0 saturated heterocycles. The molecule has 0 fully saturated rings. The summed E-state index contributed by atoms with van der Waals surface area (Å²) in [6, 6.07) is 61.3. The van der Waals surface area contributed by atoms with E-state index in [0.717, 1.165) is 27.8 Å². The van der Waals surface area contributed by atoms with Crippen molar-refractivity contribution < 1.29 is 0 Å². The molecule has 0 radical (unpaired) electrons. The summed E-state index contributed by atoms with van der Waals surface area (Å²) in [5.41, 5.74) is 9.10. The number of fused-ring (bicyclic) bond motifs is 10. The molecule has 0 aliphatic carbocycles. The van der Waals surface area contributed by atoms with Crippen molar-refractivity contribution in [3.63, 3.8) is 0 Å². The maximum Gasteiger partial charge on any atom is 0.0788 e. The highest BCUT2D eigenvalue weighted by molar-refractivity contribution is 6.29. The van der Waals surface area contributed by atoms with Gasteiger partial charge in [0.25, 0.3) is 0 Å². The second-order valence-corrected chi connectivity index (χ2v) is 12.3. The van der Waals surface area contributed by atoms with Gasteiger partial charge in [0, 0.05) is 38.2 Å². The molecule has 0 bridgehead atoms. The Hall–Kier alpha value is -6.25. The number of rotatable bonds is 3. The first-order chi connectivity index (χ1) is 23.3. The van der Waals surface area contributed by atoms with E-state index in [0.29, 0.717) is 0 Å². The smallest absolute Gasteiger partial charge is 0.0788 e. The Balaban J connectivity index is 1.29. The lowest BCUT2D eigenvalue weighted by molar-refractivity contribution is 1.18. The maximum atomic E-state index is 5.37. The molecule has 0 unspecified atom stereocenters. The molecule has 0 aliphatic heterocycles. The van der Waals surface area contributed by atoms with Crippen LogP contribution in [0.25, 0.3) is 93.1 Å². The average Bonchev–Trinajstić information content (AvgIpc) is 3.49. The molecule has 2 heteroatoms. The van der Waals surface area contributed by atoms with Crippen LogP contribution in [0.5, 0.6) is 0 Å². The van der Waals surface area contributed by atoms with Gasteiger partial charge in [-0.2, -0.15) is 0 Å². The summed E-state index contributed by atoms with van der Waals surface area (Å²) < 4.78 is 2.39. The van der Waals surface area contributed by atoms with Gasteiger partial charge in [0.05, 0.1) is 22.2 Å². The van der Waals surface area contributed by atoms with Crippen LogP contribution in [0.1, 0.15) is 0 Å². The van der Waals surface area contributed by atoms with Crippen LogP contribution in [0.15, 0.2) is 170 Å². The lowest BCUT2D eigenvalue weighted by Gasteiger charge is -2.14. The zero-order chi connectivity index (χ0) is 30.9. The second-order valence-electron chi connectivity index (χ2n) is 12.3. The molecule has 47 heavy (non-hydrogen) atoms. The second kappa shape index (κ2) is 10.1. The van der Waals surface area contributed by atoms with Gasteiger partial charge < -0.3 is 4.57 Å². The Labute approximate surface area is 271 Å². The van der Waals surface area contributed by atoms with Crippen molar-refractivity contribution in [2.75, 3.05) is 0 Å². The van der Waals surface area contributed by atoms with E-state index in [-0.39, 0.29) is 0 Å². The van der Waals surface area contributed by atoms with Crippen LogP contribution in [-0.4, -0.2) is 9.55 Å². The highest BCUT2D eigenvalue weighted by Crippen LogP contribution is 2.43. The molecule has 0 atom stereocenters. The van der Waals surface area contributed by atoms with E-state index >= 15 is 0 Å². The molecule has 2 aromatic heterocycles. The van der Waals surface area contributed by atoms with Gasteiger partial charge in [-0.25, -0.2) is 4.98 Å². The zero-order valence-electron chi connectivity index (χ0n) is 25.6. The van der Waals surface area contributed by atoms with E-state index in [1.54, 1.807) is 0 Å². The van der Waals surface area contributed by atoms with Gasteiger partial charge in [-0.05, 0) is 75.1 Å². The van der Waals surface area contributed by atoms with Gasteiger partial charge in [0.2, 0.25) is 0 Å². The largest absolute Gasteiger partial charge is 0.309 e.